The SMILES string of the molecule is CC(C)(C)c1cccc(-c2nc(C(C)(C)c3cc4ccccc4c(-c4cccc(C(C)(C)C)c4)n3)cc3ccccc23)c1. The summed E-state index contributed by atoms with van der Waals surface area (Å²) >= 11 is 0. The topological polar surface area (TPSA) is 25.8 Å². The summed E-state index contributed by atoms with van der Waals surface area (Å²) in [4.78, 5) is 10.9. The first-order valence-electron chi connectivity index (χ1n) is 15.3. The van der Waals surface area contributed by atoms with Crippen LogP contribution in [0.15, 0.2) is 109 Å². The molecule has 0 aliphatic carbocycles. The zero-order valence-corrected chi connectivity index (χ0v) is 26.8. The van der Waals surface area contributed by atoms with Crippen molar-refractivity contribution in [1.29, 1.82) is 0 Å². The van der Waals surface area contributed by atoms with Gasteiger partial charge in [-0.15, -0.1) is 0 Å². The summed E-state index contributed by atoms with van der Waals surface area (Å²) in [5, 5.41) is 4.71. The fourth-order valence-corrected chi connectivity index (χ4v) is 5.88. The molecule has 216 valence electrons. The lowest BCUT2D eigenvalue weighted by molar-refractivity contribution is 0.590. The lowest BCUT2D eigenvalue weighted by atomic mass is 9.82. The molecule has 0 amide bonds. The minimum absolute atomic E-state index is 0.0540. The first-order chi connectivity index (χ1) is 20.3. The zero-order valence-electron chi connectivity index (χ0n) is 26.8. The summed E-state index contributed by atoms with van der Waals surface area (Å²) in [5.74, 6) is 0. The van der Waals surface area contributed by atoms with Gasteiger partial charge in [-0.2, -0.15) is 0 Å². The van der Waals surface area contributed by atoms with Crippen LogP contribution in [0.3, 0.4) is 0 Å². The van der Waals surface area contributed by atoms with Crippen LogP contribution in [0, 0.1) is 0 Å². The molecule has 0 aliphatic rings. The highest BCUT2D eigenvalue weighted by atomic mass is 14.8. The summed E-state index contributed by atoms with van der Waals surface area (Å²) < 4.78 is 0. The first kappa shape index (κ1) is 28.8. The van der Waals surface area contributed by atoms with Gasteiger partial charge in [0.2, 0.25) is 0 Å². The van der Waals surface area contributed by atoms with Crippen molar-refractivity contribution in [3.63, 3.8) is 0 Å². The molecule has 0 fully saturated rings. The Morgan fingerprint density at radius 3 is 1.21 bits per heavy atom. The maximum absolute atomic E-state index is 5.43. The number of pyridine rings is 2. The van der Waals surface area contributed by atoms with Crippen molar-refractivity contribution in [1.82, 2.24) is 9.97 Å². The Morgan fingerprint density at radius 1 is 0.419 bits per heavy atom. The van der Waals surface area contributed by atoms with Crippen LogP contribution in [0.5, 0.6) is 0 Å². The molecule has 0 unspecified atom stereocenters. The smallest absolute Gasteiger partial charge is 0.0784 e. The predicted octanol–water partition coefficient (Wildman–Crippen LogP) is 11.0. The lowest BCUT2D eigenvalue weighted by Gasteiger charge is -2.27. The van der Waals surface area contributed by atoms with Crippen molar-refractivity contribution in [2.45, 2.75) is 71.6 Å². The van der Waals surface area contributed by atoms with E-state index in [1.807, 2.05) is 0 Å². The monoisotopic (exact) mass is 562 g/mol. The van der Waals surface area contributed by atoms with Gasteiger partial charge in [-0.3, -0.25) is 9.97 Å². The fraction of sp³-hybridized carbons (Fsp3) is 0.268. The maximum atomic E-state index is 5.43. The third-order valence-electron chi connectivity index (χ3n) is 8.77. The van der Waals surface area contributed by atoms with Gasteiger partial charge in [-0.05, 0) is 70.8 Å². The number of aromatic nitrogens is 2. The van der Waals surface area contributed by atoms with Crippen LogP contribution in [0.4, 0.5) is 0 Å². The van der Waals surface area contributed by atoms with E-state index in [-0.39, 0.29) is 10.8 Å². The zero-order chi connectivity index (χ0) is 30.6. The minimum atomic E-state index is -0.444. The van der Waals surface area contributed by atoms with Crippen LogP contribution in [0.2, 0.25) is 0 Å². The molecule has 0 saturated heterocycles. The summed E-state index contributed by atoms with van der Waals surface area (Å²) in [6, 6.07) is 39.5. The van der Waals surface area contributed by atoms with Crippen LogP contribution in [-0.4, -0.2) is 9.97 Å². The minimum Gasteiger partial charge on any atom is -0.251 e. The van der Waals surface area contributed by atoms with Crippen molar-refractivity contribution >= 4 is 21.5 Å². The van der Waals surface area contributed by atoms with Crippen molar-refractivity contribution in [3.8, 4) is 22.5 Å². The summed E-state index contributed by atoms with van der Waals surface area (Å²) in [6.07, 6.45) is 0. The Balaban J connectivity index is 1.56. The molecule has 6 aromatic rings. The number of nitrogens with zero attached hydrogens (tertiary/aromatic N) is 2. The number of benzene rings is 4. The van der Waals surface area contributed by atoms with Crippen LogP contribution < -0.4 is 0 Å². The predicted molar refractivity (Wildman–Crippen MR) is 184 cm³/mol. The maximum Gasteiger partial charge on any atom is 0.0784 e. The molecule has 0 N–H and O–H groups in total. The fourth-order valence-electron chi connectivity index (χ4n) is 5.88. The van der Waals surface area contributed by atoms with E-state index in [4.69, 9.17) is 9.97 Å². The molecular weight excluding hydrogens is 520 g/mol. The Hall–Kier alpha value is -4.30. The average Bonchev–Trinajstić information content (AvgIpc) is 2.99. The van der Waals surface area contributed by atoms with Crippen molar-refractivity contribution in [3.05, 3.63) is 132 Å². The Labute approximate surface area is 256 Å². The summed E-state index contributed by atoms with van der Waals surface area (Å²) in [6.45, 7) is 18.1. The second-order valence-corrected chi connectivity index (χ2v) is 14.4. The number of hydrogen-bond acceptors (Lipinski definition) is 2. The van der Waals surface area contributed by atoms with E-state index in [1.165, 1.54) is 32.7 Å². The number of hydrogen-bond donors (Lipinski definition) is 0. The number of rotatable bonds is 4. The molecule has 0 bridgehead atoms. The normalized spacial score (nSPS) is 12.7. The molecule has 0 atom stereocenters. The first-order valence-corrected chi connectivity index (χ1v) is 15.3. The van der Waals surface area contributed by atoms with E-state index in [0.717, 1.165) is 33.9 Å². The second kappa shape index (κ2) is 10.5. The van der Waals surface area contributed by atoms with Gasteiger partial charge in [-0.25, -0.2) is 0 Å². The van der Waals surface area contributed by atoms with E-state index in [1.54, 1.807) is 0 Å². The van der Waals surface area contributed by atoms with Crippen LogP contribution in [0.25, 0.3) is 44.1 Å². The molecule has 2 nitrogen and oxygen atoms in total. The van der Waals surface area contributed by atoms with Crippen LogP contribution >= 0.6 is 0 Å². The third-order valence-corrected chi connectivity index (χ3v) is 8.77. The van der Waals surface area contributed by atoms with E-state index >= 15 is 0 Å². The summed E-state index contributed by atoms with van der Waals surface area (Å²) in [5.41, 5.74) is 8.63. The van der Waals surface area contributed by atoms with Gasteiger partial charge in [-0.1, -0.05) is 126 Å². The Bertz CT molecular complexity index is 1820. The highest BCUT2D eigenvalue weighted by Crippen LogP contribution is 2.39. The van der Waals surface area contributed by atoms with Gasteiger partial charge >= 0.3 is 0 Å². The standard InChI is InChI=1S/C41H42N2/c1-39(2,3)31-19-13-17-29(23-31)37-33-21-11-9-15-27(33)25-35(42-37)41(7,8)36-26-28-16-10-12-22-34(28)38(43-36)30-18-14-20-32(24-30)40(4,5)6/h9-26H,1-8H3. The second-order valence-electron chi connectivity index (χ2n) is 14.4. The average molecular weight is 563 g/mol. The largest absolute Gasteiger partial charge is 0.251 e. The van der Waals surface area contributed by atoms with Gasteiger partial charge in [0.1, 0.15) is 0 Å². The number of fused-ring (bicyclic) bond motifs is 2. The van der Waals surface area contributed by atoms with Gasteiger partial charge in [0, 0.05) is 27.3 Å². The van der Waals surface area contributed by atoms with Gasteiger partial charge in [0.05, 0.1) is 22.8 Å². The summed E-state index contributed by atoms with van der Waals surface area (Å²) in [7, 11) is 0. The molecule has 43 heavy (non-hydrogen) atoms. The molecule has 0 spiro atoms. The molecule has 2 heteroatoms. The van der Waals surface area contributed by atoms with Crippen molar-refractivity contribution in [2.24, 2.45) is 0 Å². The highest BCUT2D eigenvalue weighted by molar-refractivity contribution is 5.96. The van der Waals surface area contributed by atoms with Crippen molar-refractivity contribution in [2.75, 3.05) is 0 Å². The molecule has 0 saturated carbocycles. The Morgan fingerprint density at radius 2 is 0.814 bits per heavy atom. The van der Waals surface area contributed by atoms with E-state index in [0.29, 0.717) is 0 Å². The van der Waals surface area contributed by atoms with Gasteiger partial charge < -0.3 is 0 Å². The lowest BCUT2D eigenvalue weighted by Crippen LogP contribution is -2.23. The van der Waals surface area contributed by atoms with Gasteiger partial charge in [0.25, 0.3) is 0 Å². The molecule has 2 heterocycles. The van der Waals surface area contributed by atoms with Gasteiger partial charge in [0.15, 0.2) is 0 Å². The molecule has 4 aromatic carbocycles. The van der Waals surface area contributed by atoms with E-state index < -0.39 is 5.41 Å². The quantitative estimate of drug-likeness (QED) is 0.213. The third kappa shape index (κ3) is 5.47. The molecular formula is C41H42N2. The van der Waals surface area contributed by atoms with Crippen LogP contribution in [0.1, 0.15) is 77.9 Å². The molecule has 2 aromatic heterocycles. The molecule has 0 radical (unpaired) electrons. The van der Waals surface area contributed by atoms with Crippen LogP contribution in [-0.2, 0) is 16.2 Å². The molecule has 0 aliphatic heterocycles. The highest BCUT2D eigenvalue weighted by Gasteiger charge is 2.29. The molecule has 6 rings (SSSR count). The Kier molecular flexibility index (Phi) is 7.00. The van der Waals surface area contributed by atoms with Crippen molar-refractivity contribution < 1.29 is 0 Å². The van der Waals surface area contributed by atoms with E-state index in [2.05, 4.69) is 165 Å². The van der Waals surface area contributed by atoms with E-state index in [9.17, 15) is 0 Å².